The molecule has 0 bridgehead atoms. The molecule has 0 aliphatic carbocycles. The Morgan fingerprint density at radius 3 is 2.37 bits per heavy atom. The number of carbonyl (C=O) groups excluding carboxylic acids is 1. The number of hydrogen-bond donors (Lipinski definition) is 1. The number of nitrogens with one attached hydrogen (secondary N) is 1. The number of rotatable bonds is 6. The maximum absolute atomic E-state index is 12.8. The second-order valence-electron chi connectivity index (χ2n) is 6.90. The van der Waals surface area contributed by atoms with Gasteiger partial charge in [0.2, 0.25) is 15.9 Å². The number of alkyl halides is 3. The Balaban J connectivity index is 1.98. The average Bonchev–Trinajstić information content (AvgIpc) is 2.60. The first kappa shape index (κ1) is 21.6. The zero-order chi connectivity index (χ0) is 20.2. The topological polar surface area (TPSA) is 69.7 Å². The summed E-state index contributed by atoms with van der Waals surface area (Å²) in [6.07, 6.45) is -4.60. The highest BCUT2D eigenvalue weighted by Gasteiger charge is 2.34. The molecule has 1 aromatic carbocycles. The summed E-state index contributed by atoms with van der Waals surface area (Å²) in [6, 6.07) is 3.75. The van der Waals surface area contributed by atoms with Crippen LogP contribution in [0.1, 0.15) is 19.4 Å². The number of carbonyl (C=O) groups is 1. The fourth-order valence-electron chi connectivity index (χ4n) is 2.69. The van der Waals surface area contributed by atoms with E-state index in [-0.39, 0.29) is 30.4 Å². The van der Waals surface area contributed by atoms with Gasteiger partial charge in [-0.1, -0.05) is 19.9 Å². The van der Waals surface area contributed by atoms with Crippen molar-refractivity contribution in [2.24, 2.45) is 5.92 Å². The third kappa shape index (κ3) is 5.91. The number of benzene rings is 1. The van der Waals surface area contributed by atoms with Crippen molar-refractivity contribution in [1.29, 1.82) is 0 Å². The number of sulfonamides is 1. The quantitative estimate of drug-likeness (QED) is 0.781. The van der Waals surface area contributed by atoms with Crippen molar-refractivity contribution in [2.75, 3.05) is 39.3 Å². The van der Waals surface area contributed by atoms with Gasteiger partial charge in [0.1, 0.15) is 0 Å². The number of piperazine rings is 1. The smallest absolute Gasteiger partial charge is 0.355 e. The number of hydrogen-bond acceptors (Lipinski definition) is 4. The van der Waals surface area contributed by atoms with E-state index in [1.54, 1.807) is 0 Å². The van der Waals surface area contributed by atoms with Crippen LogP contribution in [0.25, 0.3) is 0 Å². The highest BCUT2D eigenvalue weighted by Crippen LogP contribution is 2.31. The van der Waals surface area contributed by atoms with Crippen molar-refractivity contribution >= 4 is 15.9 Å². The molecule has 1 N–H and O–H groups in total. The zero-order valence-corrected chi connectivity index (χ0v) is 16.1. The second-order valence-corrected chi connectivity index (χ2v) is 8.84. The van der Waals surface area contributed by atoms with Crippen molar-refractivity contribution in [3.63, 3.8) is 0 Å². The van der Waals surface area contributed by atoms with Crippen molar-refractivity contribution in [3.8, 4) is 0 Å². The standard InChI is InChI=1S/C17H24F3N3O3S/c1-13(2)11-21-16(24)12-22-6-8-23(9-7-22)27(25,26)15-5-3-4-14(10-15)17(18,19)20/h3-5,10,13H,6-9,11-12H2,1-2H3,(H,21,24). The highest BCUT2D eigenvalue weighted by molar-refractivity contribution is 7.89. The Morgan fingerprint density at radius 1 is 1.19 bits per heavy atom. The first-order valence-corrected chi connectivity index (χ1v) is 10.1. The minimum atomic E-state index is -4.60. The van der Waals surface area contributed by atoms with Gasteiger partial charge < -0.3 is 5.32 Å². The van der Waals surface area contributed by atoms with Crippen molar-refractivity contribution in [3.05, 3.63) is 29.8 Å². The van der Waals surface area contributed by atoms with E-state index >= 15 is 0 Å². The van der Waals surface area contributed by atoms with Crippen LogP contribution in [-0.4, -0.2) is 62.8 Å². The molecule has 0 unspecified atom stereocenters. The molecule has 1 aliphatic heterocycles. The van der Waals surface area contributed by atoms with Crippen LogP contribution in [0, 0.1) is 5.92 Å². The van der Waals surface area contributed by atoms with Crippen LogP contribution in [0.4, 0.5) is 13.2 Å². The Kier molecular flexibility index (Phi) is 6.87. The van der Waals surface area contributed by atoms with Crippen LogP contribution in [0.3, 0.4) is 0 Å². The van der Waals surface area contributed by atoms with Crippen LogP contribution in [0.2, 0.25) is 0 Å². The van der Waals surface area contributed by atoms with Crippen molar-refractivity contribution < 1.29 is 26.4 Å². The number of amides is 1. The summed E-state index contributed by atoms with van der Waals surface area (Å²) in [5, 5.41) is 2.80. The van der Waals surface area contributed by atoms with Crippen LogP contribution in [-0.2, 0) is 21.0 Å². The van der Waals surface area contributed by atoms with E-state index in [1.165, 1.54) is 0 Å². The molecule has 1 amide bonds. The van der Waals surface area contributed by atoms with Gasteiger partial charge in [0.15, 0.2) is 0 Å². The van der Waals surface area contributed by atoms with Crippen LogP contribution >= 0.6 is 0 Å². The Morgan fingerprint density at radius 2 is 1.81 bits per heavy atom. The Bertz CT molecular complexity index is 758. The normalized spacial score (nSPS) is 17.3. The van der Waals surface area contributed by atoms with Crippen LogP contribution in [0.5, 0.6) is 0 Å². The van der Waals surface area contributed by atoms with Gasteiger partial charge in [-0.2, -0.15) is 17.5 Å². The Labute approximate surface area is 157 Å². The third-order valence-corrected chi connectivity index (χ3v) is 6.10. The predicted octanol–water partition coefficient (Wildman–Crippen LogP) is 1.78. The molecule has 1 heterocycles. The van der Waals surface area contributed by atoms with E-state index in [0.29, 0.717) is 31.6 Å². The molecule has 1 saturated heterocycles. The highest BCUT2D eigenvalue weighted by atomic mass is 32.2. The molecule has 1 aromatic rings. The van der Waals surface area contributed by atoms with Gasteiger partial charge in [0.25, 0.3) is 0 Å². The third-order valence-electron chi connectivity index (χ3n) is 4.21. The van der Waals surface area contributed by atoms with E-state index in [2.05, 4.69) is 5.32 Å². The lowest BCUT2D eigenvalue weighted by Crippen LogP contribution is -2.51. The molecule has 152 valence electrons. The molecule has 2 rings (SSSR count). The maximum atomic E-state index is 12.8. The molecule has 0 saturated carbocycles. The SMILES string of the molecule is CC(C)CNC(=O)CN1CCN(S(=O)(=O)c2cccc(C(F)(F)F)c2)CC1. The molecule has 0 atom stereocenters. The molecule has 1 aliphatic rings. The van der Waals surface area contributed by atoms with E-state index in [0.717, 1.165) is 22.5 Å². The molecule has 1 fully saturated rings. The van der Waals surface area contributed by atoms with Gasteiger partial charge in [0, 0.05) is 32.7 Å². The van der Waals surface area contributed by atoms with Crippen LogP contribution in [0.15, 0.2) is 29.2 Å². The molecule has 0 radical (unpaired) electrons. The number of halogens is 3. The summed E-state index contributed by atoms with van der Waals surface area (Å²) < 4.78 is 64.9. The van der Waals surface area contributed by atoms with Crippen LogP contribution < -0.4 is 5.32 Å². The first-order chi connectivity index (χ1) is 12.5. The van der Waals surface area contributed by atoms with Gasteiger partial charge in [-0.25, -0.2) is 8.42 Å². The molecular weight excluding hydrogens is 383 g/mol. The summed E-state index contributed by atoms with van der Waals surface area (Å²) in [5.41, 5.74) is -0.996. The summed E-state index contributed by atoms with van der Waals surface area (Å²) >= 11 is 0. The zero-order valence-electron chi connectivity index (χ0n) is 15.3. The minimum absolute atomic E-state index is 0.121. The molecule has 6 nitrogen and oxygen atoms in total. The summed E-state index contributed by atoms with van der Waals surface area (Å²) in [5.74, 6) is 0.210. The summed E-state index contributed by atoms with van der Waals surface area (Å²) in [7, 11) is -4.01. The molecular formula is C17H24F3N3O3S. The van der Waals surface area contributed by atoms with E-state index in [4.69, 9.17) is 0 Å². The fraction of sp³-hybridized carbons (Fsp3) is 0.588. The maximum Gasteiger partial charge on any atom is 0.416 e. The van der Waals surface area contributed by atoms with E-state index < -0.39 is 21.8 Å². The second kappa shape index (κ2) is 8.57. The fourth-order valence-corrected chi connectivity index (χ4v) is 4.16. The van der Waals surface area contributed by atoms with Gasteiger partial charge in [-0.05, 0) is 24.1 Å². The van der Waals surface area contributed by atoms with Crippen molar-refractivity contribution in [1.82, 2.24) is 14.5 Å². The van der Waals surface area contributed by atoms with Gasteiger partial charge in [-0.15, -0.1) is 0 Å². The number of nitrogens with zero attached hydrogens (tertiary/aromatic N) is 2. The largest absolute Gasteiger partial charge is 0.416 e. The van der Waals surface area contributed by atoms with E-state index in [9.17, 15) is 26.4 Å². The lowest BCUT2D eigenvalue weighted by atomic mass is 10.2. The summed E-state index contributed by atoms with van der Waals surface area (Å²) in [4.78, 5) is 13.3. The van der Waals surface area contributed by atoms with Gasteiger partial charge >= 0.3 is 6.18 Å². The lowest BCUT2D eigenvalue weighted by Gasteiger charge is -2.33. The molecule has 0 aromatic heterocycles. The molecule has 0 spiro atoms. The van der Waals surface area contributed by atoms with Gasteiger partial charge in [0.05, 0.1) is 17.0 Å². The van der Waals surface area contributed by atoms with Gasteiger partial charge in [-0.3, -0.25) is 9.69 Å². The van der Waals surface area contributed by atoms with Crippen molar-refractivity contribution in [2.45, 2.75) is 24.9 Å². The Hall–Kier alpha value is -1.65. The molecule has 27 heavy (non-hydrogen) atoms. The minimum Gasteiger partial charge on any atom is -0.355 e. The average molecular weight is 407 g/mol. The monoisotopic (exact) mass is 407 g/mol. The lowest BCUT2D eigenvalue weighted by molar-refractivity contribution is -0.137. The van der Waals surface area contributed by atoms with E-state index in [1.807, 2.05) is 18.7 Å². The summed E-state index contributed by atoms with van der Waals surface area (Å²) in [6.45, 7) is 5.63. The molecule has 10 heteroatoms. The predicted molar refractivity (Wildman–Crippen MR) is 94.5 cm³/mol. The first-order valence-electron chi connectivity index (χ1n) is 8.66.